The molecule has 1 aromatic carbocycles. The van der Waals surface area contributed by atoms with E-state index in [0.29, 0.717) is 18.5 Å². The molecule has 8 nitrogen and oxygen atoms in total. The van der Waals surface area contributed by atoms with Crippen molar-refractivity contribution in [2.75, 3.05) is 23.3 Å². The fourth-order valence-electron chi connectivity index (χ4n) is 3.20. The molecule has 0 bridgehead atoms. The Labute approximate surface area is 175 Å². The van der Waals surface area contributed by atoms with Gasteiger partial charge in [-0.25, -0.2) is 5.10 Å². The third-order valence-corrected chi connectivity index (χ3v) is 4.79. The maximum Gasteiger partial charge on any atom is 0.250 e. The molecule has 2 N–H and O–H groups in total. The molecule has 4 rings (SSSR count). The fourth-order valence-corrected chi connectivity index (χ4v) is 3.20. The summed E-state index contributed by atoms with van der Waals surface area (Å²) in [5, 5.41) is 9.68. The fraction of sp³-hybridized carbons (Fsp3) is 0.273. The number of piperidine rings is 1. The summed E-state index contributed by atoms with van der Waals surface area (Å²) in [5.74, 6) is 1.47. The molecule has 1 aliphatic heterocycles. The summed E-state index contributed by atoms with van der Waals surface area (Å²) in [5.41, 5.74) is 1.90. The van der Waals surface area contributed by atoms with Crippen LogP contribution < -0.4 is 15.0 Å². The van der Waals surface area contributed by atoms with Crippen LogP contribution in [-0.2, 0) is 11.4 Å². The van der Waals surface area contributed by atoms with E-state index in [0.717, 1.165) is 42.8 Å². The zero-order valence-corrected chi connectivity index (χ0v) is 16.6. The van der Waals surface area contributed by atoms with E-state index in [4.69, 9.17) is 4.74 Å². The number of benzene rings is 1. The molecule has 1 amide bonds. The Morgan fingerprint density at radius 3 is 2.77 bits per heavy atom. The summed E-state index contributed by atoms with van der Waals surface area (Å²) in [4.78, 5) is 22.7. The minimum absolute atomic E-state index is 0.270. The summed E-state index contributed by atoms with van der Waals surface area (Å²) < 4.78 is 5.74. The second kappa shape index (κ2) is 9.69. The summed E-state index contributed by atoms with van der Waals surface area (Å²) >= 11 is 0. The van der Waals surface area contributed by atoms with Gasteiger partial charge < -0.3 is 9.64 Å². The van der Waals surface area contributed by atoms with Gasteiger partial charge in [0.2, 0.25) is 11.9 Å². The van der Waals surface area contributed by atoms with E-state index < -0.39 is 0 Å². The van der Waals surface area contributed by atoms with Gasteiger partial charge in [0.1, 0.15) is 12.4 Å². The molecule has 1 saturated heterocycles. The van der Waals surface area contributed by atoms with E-state index in [2.05, 4.69) is 30.4 Å². The van der Waals surface area contributed by atoms with Gasteiger partial charge in [-0.15, -0.1) is 5.10 Å². The van der Waals surface area contributed by atoms with Crippen LogP contribution in [0.4, 0.5) is 11.9 Å². The minimum atomic E-state index is -0.270. The lowest BCUT2D eigenvalue weighted by atomic mass is 10.1. The molecule has 1 fully saturated rings. The molecular formula is C22H24N6O2. The van der Waals surface area contributed by atoms with Crippen molar-refractivity contribution in [3.8, 4) is 5.75 Å². The van der Waals surface area contributed by atoms with Crippen LogP contribution in [-0.4, -0.2) is 39.2 Å². The van der Waals surface area contributed by atoms with Gasteiger partial charge in [-0.3, -0.25) is 15.1 Å². The number of aromatic amines is 1. The van der Waals surface area contributed by atoms with Gasteiger partial charge in [-0.2, -0.15) is 4.98 Å². The Kier molecular flexibility index (Phi) is 6.34. The first kappa shape index (κ1) is 19.6. The predicted molar refractivity (Wildman–Crippen MR) is 115 cm³/mol. The van der Waals surface area contributed by atoms with Gasteiger partial charge in [0.15, 0.2) is 0 Å². The average molecular weight is 404 g/mol. The Morgan fingerprint density at radius 1 is 1.17 bits per heavy atom. The normalized spacial score (nSPS) is 14.1. The largest absolute Gasteiger partial charge is 0.489 e. The summed E-state index contributed by atoms with van der Waals surface area (Å²) in [6, 6.07) is 11.4. The number of carbonyl (C=O) groups is 1. The van der Waals surface area contributed by atoms with E-state index in [-0.39, 0.29) is 5.91 Å². The van der Waals surface area contributed by atoms with Crippen molar-refractivity contribution in [1.29, 1.82) is 0 Å². The summed E-state index contributed by atoms with van der Waals surface area (Å²) in [7, 11) is 0. The van der Waals surface area contributed by atoms with Gasteiger partial charge in [0, 0.05) is 37.1 Å². The third-order valence-electron chi connectivity index (χ3n) is 4.79. The number of ether oxygens (including phenoxy) is 1. The number of hydrogen-bond acceptors (Lipinski definition) is 6. The van der Waals surface area contributed by atoms with Crippen molar-refractivity contribution in [2.24, 2.45) is 0 Å². The van der Waals surface area contributed by atoms with Crippen molar-refractivity contribution in [2.45, 2.75) is 25.9 Å². The Morgan fingerprint density at radius 2 is 2.00 bits per heavy atom. The van der Waals surface area contributed by atoms with Crippen LogP contribution >= 0.6 is 0 Å². The van der Waals surface area contributed by atoms with Crippen molar-refractivity contribution in [3.05, 3.63) is 66.0 Å². The van der Waals surface area contributed by atoms with Gasteiger partial charge in [0.05, 0.1) is 0 Å². The smallest absolute Gasteiger partial charge is 0.250 e. The quantitative estimate of drug-likeness (QED) is 0.586. The molecule has 1 aliphatic rings. The number of aromatic nitrogens is 4. The highest BCUT2D eigenvalue weighted by Crippen LogP contribution is 2.17. The Hall–Kier alpha value is -3.68. The summed E-state index contributed by atoms with van der Waals surface area (Å²) in [6.45, 7) is 2.36. The lowest BCUT2D eigenvalue weighted by Gasteiger charge is -2.24. The minimum Gasteiger partial charge on any atom is -0.489 e. The third kappa shape index (κ3) is 5.44. The second-order valence-electron chi connectivity index (χ2n) is 7.07. The first-order valence-corrected chi connectivity index (χ1v) is 10.0. The molecule has 0 atom stereocenters. The number of anilines is 2. The van der Waals surface area contributed by atoms with Gasteiger partial charge in [0.25, 0.3) is 5.91 Å². The molecule has 0 spiro atoms. The lowest BCUT2D eigenvalue weighted by Crippen LogP contribution is -2.30. The second-order valence-corrected chi connectivity index (χ2v) is 7.07. The number of hydrogen-bond donors (Lipinski definition) is 2. The van der Waals surface area contributed by atoms with Gasteiger partial charge >= 0.3 is 0 Å². The lowest BCUT2D eigenvalue weighted by molar-refractivity contribution is -0.111. The van der Waals surface area contributed by atoms with Crippen molar-refractivity contribution < 1.29 is 9.53 Å². The van der Waals surface area contributed by atoms with Crippen LogP contribution in [0.25, 0.3) is 6.08 Å². The monoisotopic (exact) mass is 404 g/mol. The average Bonchev–Trinajstić information content (AvgIpc) is 3.27. The molecule has 30 heavy (non-hydrogen) atoms. The first-order valence-electron chi connectivity index (χ1n) is 10.0. The van der Waals surface area contributed by atoms with E-state index in [1.165, 1.54) is 12.5 Å². The maximum absolute atomic E-state index is 12.2. The zero-order valence-electron chi connectivity index (χ0n) is 16.6. The van der Waals surface area contributed by atoms with E-state index in [1.54, 1.807) is 18.5 Å². The number of H-pyrrole nitrogens is 1. The van der Waals surface area contributed by atoms with Crippen LogP contribution in [0.15, 0.2) is 54.9 Å². The van der Waals surface area contributed by atoms with Crippen molar-refractivity contribution in [3.63, 3.8) is 0 Å². The highest BCUT2D eigenvalue weighted by Gasteiger charge is 2.15. The molecule has 0 unspecified atom stereocenters. The molecule has 8 heteroatoms. The molecule has 0 aliphatic carbocycles. The highest BCUT2D eigenvalue weighted by molar-refractivity contribution is 6.00. The van der Waals surface area contributed by atoms with Crippen LogP contribution in [0.1, 0.15) is 30.4 Å². The van der Waals surface area contributed by atoms with Crippen molar-refractivity contribution in [1.82, 2.24) is 20.2 Å². The van der Waals surface area contributed by atoms with Gasteiger partial charge in [-0.05, 0) is 49.1 Å². The number of pyridine rings is 1. The van der Waals surface area contributed by atoms with Gasteiger partial charge in [-0.1, -0.05) is 18.2 Å². The highest BCUT2D eigenvalue weighted by atomic mass is 16.5. The number of nitrogens with zero attached hydrogens (tertiary/aromatic N) is 4. The maximum atomic E-state index is 12.2. The molecule has 154 valence electrons. The predicted octanol–water partition coefficient (Wildman–Crippen LogP) is 3.42. The Bertz CT molecular complexity index is 978. The van der Waals surface area contributed by atoms with Crippen LogP contribution in [0.5, 0.6) is 5.75 Å². The molecular weight excluding hydrogens is 380 g/mol. The zero-order chi connectivity index (χ0) is 20.6. The number of carbonyl (C=O) groups excluding carboxylic acids is 1. The molecule has 0 radical (unpaired) electrons. The number of rotatable bonds is 7. The standard InChI is InChI=1S/C22H24N6O2/c29-20(24-21-25-22(27-26-21)28-13-2-1-3-14-28)11-8-17-6-9-19(10-7-17)30-16-18-5-4-12-23-15-18/h4-12,15H,1-3,13-14,16H2,(H2,24,25,26,27,29)/b11-8+. The number of amides is 1. The van der Waals surface area contributed by atoms with Crippen LogP contribution in [0.3, 0.4) is 0 Å². The molecule has 0 saturated carbocycles. The molecule has 3 heterocycles. The number of nitrogens with one attached hydrogen (secondary N) is 2. The Balaban J connectivity index is 1.27. The van der Waals surface area contributed by atoms with Crippen LogP contribution in [0.2, 0.25) is 0 Å². The molecule has 2 aromatic heterocycles. The van der Waals surface area contributed by atoms with Crippen LogP contribution in [0, 0.1) is 0 Å². The first-order chi connectivity index (χ1) is 14.8. The molecule has 3 aromatic rings. The van der Waals surface area contributed by atoms with Crippen molar-refractivity contribution >= 4 is 23.9 Å². The van der Waals surface area contributed by atoms with E-state index in [9.17, 15) is 4.79 Å². The topological polar surface area (TPSA) is 96.0 Å². The van der Waals surface area contributed by atoms with E-state index >= 15 is 0 Å². The summed E-state index contributed by atoms with van der Waals surface area (Å²) in [6.07, 6.45) is 10.2. The SMILES string of the molecule is O=C(/C=C/c1ccc(OCc2cccnc2)cc1)Nc1nc(N2CCCCC2)n[nH]1. The van der Waals surface area contributed by atoms with E-state index in [1.807, 2.05) is 36.4 Å².